The van der Waals surface area contributed by atoms with E-state index in [9.17, 15) is 14.4 Å². The van der Waals surface area contributed by atoms with Crippen LogP contribution in [0.4, 0.5) is 0 Å². The van der Waals surface area contributed by atoms with Gasteiger partial charge in [-0.15, -0.1) is 6.58 Å². The van der Waals surface area contributed by atoms with Crippen LogP contribution in [-0.4, -0.2) is 50.3 Å². The highest BCUT2D eigenvalue weighted by atomic mass is 16.5. The molecule has 2 N–H and O–H groups in total. The first-order chi connectivity index (χ1) is 20.2. The van der Waals surface area contributed by atoms with Gasteiger partial charge < -0.3 is 24.4 Å². The highest BCUT2D eigenvalue weighted by Crippen LogP contribution is 2.22. The van der Waals surface area contributed by atoms with Crippen LogP contribution < -0.4 is 0 Å². The Hall–Kier alpha value is -3.31. The van der Waals surface area contributed by atoms with Crippen LogP contribution in [0.2, 0.25) is 0 Å². The van der Waals surface area contributed by atoms with Gasteiger partial charge in [0.25, 0.3) is 0 Å². The molecule has 0 saturated carbocycles. The fourth-order valence-corrected chi connectivity index (χ4v) is 2.63. The van der Waals surface area contributed by atoms with Gasteiger partial charge in [-0.1, -0.05) is 117 Å². The second-order valence-corrected chi connectivity index (χ2v) is 10.1. The van der Waals surface area contributed by atoms with Gasteiger partial charge in [-0.2, -0.15) is 0 Å². The Labute approximate surface area is 306 Å². The van der Waals surface area contributed by atoms with E-state index in [1.807, 2.05) is 19.9 Å². The van der Waals surface area contributed by atoms with E-state index in [2.05, 4.69) is 83.6 Å². The van der Waals surface area contributed by atoms with E-state index in [-0.39, 0.29) is 65.9 Å². The molecule has 0 heterocycles. The molecule has 0 spiro atoms. The summed E-state index contributed by atoms with van der Waals surface area (Å²) in [6.45, 7) is 29.7. The van der Waals surface area contributed by atoms with Crippen LogP contribution >= 0.6 is 0 Å². The van der Waals surface area contributed by atoms with Crippen molar-refractivity contribution in [1.29, 1.82) is 0 Å². The summed E-state index contributed by atoms with van der Waals surface area (Å²) in [5.41, 5.74) is 3.28. The lowest BCUT2D eigenvalue weighted by atomic mass is 9.89. The number of carbonyl (C=O) groups excluding carboxylic acids is 3. The third kappa shape index (κ3) is 54.4. The maximum atomic E-state index is 10.5. The maximum absolute atomic E-state index is 10.5. The van der Waals surface area contributed by atoms with Crippen molar-refractivity contribution in [2.24, 2.45) is 11.3 Å². The molecule has 296 valence electrons. The number of hydrogen-bond acceptors (Lipinski definition) is 7. The molecule has 0 fully saturated rings. The summed E-state index contributed by atoms with van der Waals surface area (Å²) >= 11 is 0. The molecule has 2 unspecified atom stereocenters. The number of carbonyl (C=O) groups is 3. The molecule has 0 aromatic carbocycles. The van der Waals surface area contributed by atoms with E-state index in [1.165, 1.54) is 31.9 Å². The van der Waals surface area contributed by atoms with Crippen LogP contribution in [0.5, 0.6) is 0 Å². The topological polar surface area (TPSA) is 120 Å². The van der Waals surface area contributed by atoms with Gasteiger partial charge in [0.2, 0.25) is 0 Å². The molecule has 0 rings (SSSR count). The van der Waals surface area contributed by atoms with Crippen LogP contribution in [0.3, 0.4) is 0 Å². The van der Waals surface area contributed by atoms with Crippen molar-refractivity contribution < 1.29 is 38.8 Å². The van der Waals surface area contributed by atoms with Crippen LogP contribution in [-0.2, 0) is 33.3 Å². The normalized spacial score (nSPS) is 10.8. The largest absolute Gasteiger partial charge is 0.465 e. The summed E-state index contributed by atoms with van der Waals surface area (Å²) in [4.78, 5) is 31.3. The monoisotopic (exact) mass is 705 g/mol. The van der Waals surface area contributed by atoms with Gasteiger partial charge >= 0.3 is 17.9 Å². The zero-order valence-corrected chi connectivity index (χ0v) is 29.9. The predicted octanol–water partition coefficient (Wildman–Crippen LogP) is 11.3. The predicted molar refractivity (Wildman–Crippen MR) is 216 cm³/mol. The average Bonchev–Trinajstić information content (AvgIpc) is 2.99. The van der Waals surface area contributed by atoms with Crippen molar-refractivity contribution in [2.75, 3.05) is 26.9 Å². The lowest BCUT2D eigenvalue weighted by Gasteiger charge is -2.22. The van der Waals surface area contributed by atoms with Crippen molar-refractivity contribution in [3.05, 3.63) is 48.1 Å². The molecule has 8 nitrogen and oxygen atoms in total. The zero-order chi connectivity index (χ0) is 34.3. The smallest absolute Gasteiger partial charge is 0.302 e. The third-order valence-electron chi connectivity index (χ3n) is 6.24. The van der Waals surface area contributed by atoms with Gasteiger partial charge in [0.1, 0.15) is 25.9 Å². The fraction of sp³-hybridized carbons (Fsp3) is 0.683. The first-order valence-electron chi connectivity index (χ1n) is 15.3. The lowest BCUT2D eigenvalue weighted by Crippen LogP contribution is -2.20. The van der Waals surface area contributed by atoms with E-state index in [0.717, 1.165) is 44.1 Å². The van der Waals surface area contributed by atoms with E-state index >= 15 is 0 Å². The molecule has 0 aromatic rings. The first kappa shape index (κ1) is 71.6. The Balaban J connectivity index is -0.0000000497. The third-order valence-corrected chi connectivity index (χ3v) is 6.24. The maximum Gasteiger partial charge on any atom is 0.302 e. The van der Waals surface area contributed by atoms with Gasteiger partial charge in [0, 0.05) is 31.8 Å². The van der Waals surface area contributed by atoms with Crippen LogP contribution in [0.25, 0.3) is 0 Å². The molecule has 0 aliphatic carbocycles. The lowest BCUT2D eigenvalue weighted by molar-refractivity contribution is -0.143. The summed E-state index contributed by atoms with van der Waals surface area (Å²) < 4.78 is 19.1. The standard InChI is InChI=1S/3C9H16O2.C9H14O.5CH4.H2O/c1-5-9(4,6-2)7-11-8(3)10;2*1-4-6-9(5-2)7-11-8(3)10;1-5-8(2)9(3)6-7-10-4;;;;;;/h5H,1,6-7H2,2-4H3;2*6H,4-5,7H2,1-3H3;8H,3,5H2,1-2,4H3;5*1H4;1H2/b;9-6+;9-6-;;;;;;;. The Morgan fingerprint density at radius 3 is 1.35 bits per heavy atom. The van der Waals surface area contributed by atoms with Gasteiger partial charge in [0.15, 0.2) is 0 Å². The number of hydrogen-bond donors (Lipinski definition) is 0. The highest BCUT2D eigenvalue weighted by Gasteiger charge is 2.18. The van der Waals surface area contributed by atoms with E-state index in [4.69, 9.17) is 14.2 Å². The van der Waals surface area contributed by atoms with Crippen LogP contribution in [0, 0.1) is 23.4 Å². The van der Waals surface area contributed by atoms with Crippen molar-refractivity contribution in [3.63, 3.8) is 0 Å². The Morgan fingerprint density at radius 1 is 0.755 bits per heavy atom. The van der Waals surface area contributed by atoms with Gasteiger partial charge in [-0.25, -0.2) is 0 Å². The molecule has 2 atom stereocenters. The number of rotatable bonds is 14. The molecule has 0 bridgehead atoms. The minimum Gasteiger partial charge on any atom is -0.465 e. The molecule has 8 heteroatoms. The van der Waals surface area contributed by atoms with E-state index in [0.29, 0.717) is 25.7 Å². The molecular weight excluding hydrogens is 620 g/mol. The van der Waals surface area contributed by atoms with Crippen molar-refractivity contribution >= 4 is 17.9 Å². The molecular formula is C41H84O8. The molecule has 0 aliphatic rings. The average molecular weight is 705 g/mol. The van der Waals surface area contributed by atoms with Gasteiger partial charge in [-0.05, 0) is 61.5 Å². The minimum absolute atomic E-state index is 0. The number of esters is 3. The minimum atomic E-state index is -0.230. The molecule has 0 saturated heterocycles. The summed E-state index contributed by atoms with van der Waals surface area (Å²) in [6, 6.07) is 0. The second kappa shape index (κ2) is 49.1. The number of ether oxygens (including phenoxy) is 4. The van der Waals surface area contributed by atoms with E-state index in [1.54, 1.807) is 7.11 Å². The molecule has 49 heavy (non-hydrogen) atoms. The van der Waals surface area contributed by atoms with Crippen molar-refractivity contribution in [1.82, 2.24) is 0 Å². The zero-order valence-electron chi connectivity index (χ0n) is 29.9. The van der Waals surface area contributed by atoms with Gasteiger partial charge in [0.05, 0.1) is 7.11 Å². The summed E-state index contributed by atoms with van der Waals surface area (Å²) in [5, 5.41) is 0. The SMILES string of the molecule is C.C.C.C.C.C=C(C#COC)C(C)CC.C=CC(C)(CC)COC(C)=O.CC/C=C(/CC)COC(C)=O.CC/C=C(\CC)COC(C)=O.O. The first-order valence-corrected chi connectivity index (χ1v) is 15.3. The fourth-order valence-electron chi connectivity index (χ4n) is 2.63. The van der Waals surface area contributed by atoms with Crippen molar-refractivity contribution in [2.45, 2.75) is 152 Å². The van der Waals surface area contributed by atoms with Gasteiger partial charge in [-0.3, -0.25) is 14.4 Å². The highest BCUT2D eigenvalue weighted by molar-refractivity contribution is 5.66. The molecule has 0 radical (unpaired) electrons. The molecule has 0 aromatic heterocycles. The molecule has 0 amide bonds. The second-order valence-electron chi connectivity index (χ2n) is 10.1. The Morgan fingerprint density at radius 2 is 1.12 bits per heavy atom. The summed E-state index contributed by atoms with van der Waals surface area (Å²) in [5.74, 6) is 2.65. The Kier molecular flexibility index (Phi) is 71.8. The van der Waals surface area contributed by atoms with Crippen LogP contribution in [0.1, 0.15) is 152 Å². The number of methoxy groups -OCH3 is 1. The Bertz CT molecular complexity index is 870. The molecule has 0 aliphatic heterocycles. The summed E-state index contributed by atoms with van der Waals surface area (Å²) in [6.07, 6.45) is 14.5. The number of allylic oxidation sites excluding steroid dienone is 3. The van der Waals surface area contributed by atoms with Crippen molar-refractivity contribution in [3.8, 4) is 12.0 Å². The summed E-state index contributed by atoms with van der Waals surface area (Å²) in [7, 11) is 1.55. The quantitative estimate of drug-likeness (QED) is 0.0763. The van der Waals surface area contributed by atoms with Crippen LogP contribution in [0.15, 0.2) is 48.1 Å². The van der Waals surface area contributed by atoms with E-state index < -0.39 is 0 Å².